The van der Waals surface area contributed by atoms with Crippen LogP contribution < -0.4 is 4.90 Å². The molecule has 0 saturated carbocycles. The summed E-state index contributed by atoms with van der Waals surface area (Å²) in [6.07, 6.45) is -1.08. The Labute approximate surface area is 95.7 Å². The minimum absolute atomic E-state index is 0.0376. The summed E-state index contributed by atoms with van der Waals surface area (Å²) >= 11 is 0. The van der Waals surface area contributed by atoms with E-state index in [1.54, 1.807) is 6.07 Å². The molecule has 1 aromatic heterocycles. The molecule has 1 fully saturated rings. The third kappa shape index (κ3) is 2.30. The predicted molar refractivity (Wildman–Crippen MR) is 53.4 cm³/mol. The number of nitriles is 1. The fourth-order valence-corrected chi connectivity index (χ4v) is 1.65. The first-order chi connectivity index (χ1) is 8.03. The molecule has 0 N–H and O–H groups in total. The minimum Gasteiger partial charge on any atom is -0.335 e. The zero-order valence-electron chi connectivity index (χ0n) is 8.78. The number of piperidine rings is 1. The highest BCUT2D eigenvalue weighted by atomic mass is 19.3. The van der Waals surface area contributed by atoms with Crippen LogP contribution in [0.3, 0.4) is 0 Å². The summed E-state index contributed by atoms with van der Waals surface area (Å²) < 4.78 is 39.3. The fraction of sp³-hybridized carbons (Fsp3) is 0.500. The maximum atomic E-state index is 13.2. The van der Waals surface area contributed by atoms with E-state index in [9.17, 15) is 13.2 Å². The molecule has 2 rings (SSSR count). The van der Waals surface area contributed by atoms with Crippen LogP contribution in [-0.2, 0) is 0 Å². The van der Waals surface area contributed by atoms with Gasteiger partial charge in [0.1, 0.15) is 11.8 Å². The normalized spacial score (nSPS) is 23.2. The van der Waals surface area contributed by atoms with Gasteiger partial charge in [-0.05, 0) is 6.07 Å². The Morgan fingerprint density at radius 1 is 1.53 bits per heavy atom. The average Bonchev–Trinajstić information content (AvgIpc) is 2.32. The van der Waals surface area contributed by atoms with Crippen LogP contribution in [0, 0.1) is 11.3 Å². The van der Waals surface area contributed by atoms with Crippen LogP contribution in [0.1, 0.15) is 12.1 Å². The Morgan fingerprint density at radius 3 is 2.94 bits per heavy atom. The van der Waals surface area contributed by atoms with Gasteiger partial charge in [-0.2, -0.15) is 5.26 Å². The Hall–Kier alpha value is -1.84. The van der Waals surface area contributed by atoms with E-state index >= 15 is 0 Å². The second kappa shape index (κ2) is 4.20. The van der Waals surface area contributed by atoms with Gasteiger partial charge in [0.05, 0.1) is 6.54 Å². The fourth-order valence-electron chi connectivity index (χ4n) is 1.65. The van der Waals surface area contributed by atoms with Crippen molar-refractivity contribution in [1.82, 2.24) is 9.97 Å². The molecule has 0 amide bonds. The molecule has 0 aromatic carbocycles. The molecule has 0 radical (unpaired) electrons. The van der Waals surface area contributed by atoms with Gasteiger partial charge in [-0.1, -0.05) is 0 Å². The lowest BCUT2D eigenvalue weighted by atomic mass is 10.1. The molecule has 1 saturated heterocycles. The van der Waals surface area contributed by atoms with Crippen molar-refractivity contribution < 1.29 is 13.2 Å². The first-order valence-corrected chi connectivity index (χ1v) is 5.03. The van der Waals surface area contributed by atoms with Crippen LogP contribution in [-0.4, -0.2) is 35.2 Å². The van der Waals surface area contributed by atoms with Gasteiger partial charge < -0.3 is 4.90 Å². The number of halogens is 3. The third-order valence-electron chi connectivity index (χ3n) is 2.55. The molecule has 1 aromatic rings. The molecule has 1 aliphatic heterocycles. The topological polar surface area (TPSA) is 52.8 Å². The van der Waals surface area contributed by atoms with E-state index in [0.29, 0.717) is 0 Å². The summed E-state index contributed by atoms with van der Waals surface area (Å²) in [4.78, 5) is 8.80. The molecule has 0 aliphatic carbocycles. The Balaban J connectivity index is 2.21. The Kier molecular flexibility index (Phi) is 2.88. The van der Waals surface area contributed by atoms with E-state index in [-0.39, 0.29) is 24.6 Å². The molecule has 1 atom stereocenters. The number of aromatic nitrogens is 2. The zero-order valence-corrected chi connectivity index (χ0v) is 8.78. The van der Waals surface area contributed by atoms with Gasteiger partial charge in [-0.25, -0.2) is 23.1 Å². The quantitative estimate of drug-likeness (QED) is 0.749. The van der Waals surface area contributed by atoms with Crippen LogP contribution in [0.15, 0.2) is 12.3 Å². The molecule has 17 heavy (non-hydrogen) atoms. The van der Waals surface area contributed by atoms with E-state index in [2.05, 4.69) is 9.97 Å². The molecule has 2 heterocycles. The van der Waals surface area contributed by atoms with Crippen molar-refractivity contribution in [3.05, 3.63) is 18.0 Å². The lowest BCUT2D eigenvalue weighted by Crippen LogP contribution is -2.50. The lowest BCUT2D eigenvalue weighted by molar-refractivity contribution is -0.0779. The number of alkyl halides is 3. The zero-order chi connectivity index (χ0) is 12.5. The van der Waals surface area contributed by atoms with Crippen LogP contribution in [0.4, 0.5) is 19.1 Å². The highest BCUT2D eigenvalue weighted by Gasteiger charge is 2.45. The molecule has 1 unspecified atom stereocenters. The molecule has 0 spiro atoms. The van der Waals surface area contributed by atoms with Crippen LogP contribution in [0.5, 0.6) is 0 Å². The van der Waals surface area contributed by atoms with Gasteiger partial charge in [0.2, 0.25) is 5.95 Å². The van der Waals surface area contributed by atoms with Gasteiger partial charge in [0.15, 0.2) is 6.17 Å². The van der Waals surface area contributed by atoms with Crippen LogP contribution in [0.25, 0.3) is 0 Å². The van der Waals surface area contributed by atoms with Gasteiger partial charge in [-0.15, -0.1) is 0 Å². The molecule has 0 bridgehead atoms. The third-order valence-corrected chi connectivity index (χ3v) is 2.55. The smallest absolute Gasteiger partial charge is 0.295 e. The molecule has 7 heteroatoms. The molecule has 4 nitrogen and oxygen atoms in total. The first-order valence-electron chi connectivity index (χ1n) is 5.03. The second-order valence-corrected chi connectivity index (χ2v) is 3.79. The summed E-state index contributed by atoms with van der Waals surface area (Å²) in [6.45, 7) is -0.644. The van der Waals surface area contributed by atoms with Crippen molar-refractivity contribution in [3.63, 3.8) is 0 Å². The van der Waals surface area contributed by atoms with E-state index in [0.717, 1.165) is 0 Å². The molecule has 90 valence electrons. The monoisotopic (exact) mass is 242 g/mol. The summed E-state index contributed by atoms with van der Waals surface area (Å²) in [5.41, 5.74) is 0.0979. The maximum absolute atomic E-state index is 13.2. The van der Waals surface area contributed by atoms with Gasteiger partial charge in [0.25, 0.3) is 5.92 Å². The van der Waals surface area contributed by atoms with Crippen LogP contribution in [0.2, 0.25) is 0 Å². The Morgan fingerprint density at radius 2 is 2.29 bits per heavy atom. The van der Waals surface area contributed by atoms with Crippen molar-refractivity contribution in [2.45, 2.75) is 18.5 Å². The van der Waals surface area contributed by atoms with Crippen LogP contribution >= 0.6 is 0 Å². The molecular formula is C10H9F3N4. The van der Waals surface area contributed by atoms with E-state index in [1.165, 1.54) is 17.2 Å². The number of rotatable bonds is 1. The maximum Gasteiger partial charge on any atom is 0.295 e. The first kappa shape index (κ1) is 11.6. The Bertz CT molecular complexity index is 457. The van der Waals surface area contributed by atoms with Crippen molar-refractivity contribution in [2.75, 3.05) is 18.0 Å². The predicted octanol–water partition coefficient (Wildman–Crippen LogP) is 1.53. The average molecular weight is 242 g/mol. The van der Waals surface area contributed by atoms with Gasteiger partial charge >= 0.3 is 0 Å². The van der Waals surface area contributed by atoms with Gasteiger partial charge in [-0.3, -0.25) is 0 Å². The largest absolute Gasteiger partial charge is 0.335 e. The molecule has 1 aliphatic rings. The van der Waals surface area contributed by atoms with E-state index in [4.69, 9.17) is 5.26 Å². The van der Waals surface area contributed by atoms with Crippen molar-refractivity contribution in [1.29, 1.82) is 5.26 Å². The minimum atomic E-state index is -3.40. The highest BCUT2D eigenvalue weighted by molar-refractivity contribution is 5.35. The molecular weight excluding hydrogens is 233 g/mol. The van der Waals surface area contributed by atoms with E-state index in [1.807, 2.05) is 0 Å². The van der Waals surface area contributed by atoms with Crippen molar-refractivity contribution in [3.8, 4) is 6.07 Å². The number of hydrogen-bond donors (Lipinski definition) is 0. The van der Waals surface area contributed by atoms with E-state index < -0.39 is 18.6 Å². The second-order valence-electron chi connectivity index (χ2n) is 3.79. The SMILES string of the molecule is N#Cc1ccnc(N2CCC(F)C(F)(F)C2)n1. The van der Waals surface area contributed by atoms with Crippen molar-refractivity contribution >= 4 is 5.95 Å². The highest BCUT2D eigenvalue weighted by Crippen LogP contribution is 2.31. The summed E-state index contributed by atoms with van der Waals surface area (Å²) in [5, 5.41) is 8.64. The number of hydrogen-bond acceptors (Lipinski definition) is 4. The lowest BCUT2D eigenvalue weighted by Gasteiger charge is -2.34. The van der Waals surface area contributed by atoms with Crippen molar-refractivity contribution in [2.24, 2.45) is 0 Å². The summed E-state index contributed by atoms with van der Waals surface area (Å²) in [6, 6.07) is 3.18. The number of anilines is 1. The summed E-state index contributed by atoms with van der Waals surface area (Å²) in [7, 11) is 0. The van der Waals surface area contributed by atoms with Gasteiger partial charge in [0, 0.05) is 19.2 Å². The standard InChI is InChI=1S/C10H9F3N4/c11-8-2-4-17(6-10(8,12)13)9-15-3-1-7(5-14)16-9/h1,3,8H,2,4,6H2. The number of nitrogens with zero attached hydrogens (tertiary/aromatic N) is 4. The summed E-state index contributed by atoms with van der Waals surface area (Å²) in [5.74, 6) is -3.36.